The molecule has 1 unspecified atom stereocenters. The van der Waals surface area contributed by atoms with Crippen LogP contribution in [0, 0.1) is 0 Å². The van der Waals surface area contributed by atoms with Crippen molar-refractivity contribution in [2.75, 3.05) is 6.79 Å². The zero-order chi connectivity index (χ0) is 18.2. The smallest absolute Gasteiger partial charge is 0.416 e. The number of rotatable bonds is 4. The van der Waals surface area contributed by atoms with E-state index in [2.05, 4.69) is 4.72 Å². The summed E-state index contributed by atoms with van der Waals surface area (Å²) in [5, 5.41) is 0. The molecule has 0 aromatic heterocycles. The Morgan fingerprint density at radius 1 is 1.08 bits per heavy atom. The van der Waals surface area contributed by atoms with Crippen molar-refractivity contribution >= 4 is 10.0 Å². The molecule has 5 nitrogen and oxygen atoms in total. The minimum absolute atomic E-state index is 0.0864. The van der Waals surface area contributed by atoms with Crippen LogP contribution in [0.3, 0.4) is 0 Å². The Balaban J connectivity index is 1.84. The normalized spacial score (nSPS) is 15.2. The number of benzene rings is 2. The third kappa shape index (κ3) is 3.72. The summed E-state index contributed by atoms with van der Waals surface area (Å²) in [7, 11) is -4.13. The number of halogens is 3. The molecule has 0 saturated carbocycles. The van der Waals surface area contributed by atoms with Gasteiger partial charge in [-0.05, 0) is 42.8 Å². The quantitative estimate of drug-likeness (QED) is 0.891. The second kappa shape index (κ2) is 6.23. The summed E-state index contributed by atoms with van der Waals surface area (Å²) in [5.74, 6) is 1.04. The Kier molecular flexibility index (Phi) is 4.38. The number of sulfonamides is 1. The molecule has 2 aromatic carbocycles. The molecule has 0 amide bonds. The maximum atomic E-state index is 12.8. The molecule has 1 aliphatic rings. The van der Waals surface area contributed by atoms with E-state index in [1.165, 1.54) is 0 Å². The summed E-state index contributed by atoms with van der Waals surface area (Å²) in [6.07, 6.45) is -4.62. The highest BCUT2D eigenvalue weighted by Crippen LogP contribution is 2.35. The molecule has 1 aliphatic heterocycles. The van der Waals surface area contributed by atoms with Gasteiger partial charge >= 0.3 is 6.18 Å². The zero-order valence-electron chi connectivity index (χ0n) is 13.0. The molecular formula is C16H14F3NO4S. The number of alkyl halides is 3. The number of hydrogen-bond acceptors (Lipinski definition) is 4. The third-order valence-corrected chi connectivity index (χ3v) is 5.24. The van der Waals surface area contributed by atoms with Gasteiger partial charge in [0.25, 0.3) is 0 Å². The van der Waals surface area contributed by atoms with Crippen molar-refractivity contribution in [3.63, 3.8) is 0 Å². The summed E-state index contributed by atoms with van der Waals surface area (Å²) >= 11 is 0. The average molecular weight is 373 g/mol. The van der Waals surface area contributed by atoms with Gasteiger partial charge in [0.15, 0.2) is 11.5 Å². The molecule has 0 radical (unpaired) electrons. The van der Waals surface area contributed by atoms with Crippen LogP contribution in [-0.4, -0.2) is 15.2 Å². The largest absolute Gasteiger partial charge is 0.454 e. The molecule has 0 spiro atoms. The number of ether oxygens (including phenoxy) is 2. The first-order chi connectivity index (χ1) is 11.7. The van der Waals surface area contributed by atoms with Crippen molar-refractivity contribution in [3.8, 4) is 11.5 Å². The minimum atomic E-state index is -4.62. The van der Waals surface area contributed by atoms with Gasteiger partial charge in [0.05, 0.1) is 10.5 Å². The molecule has 0 bridgehead atoms. The average Bonchev–Trinajstić information content (AvgIpc) is 3.01. The number of hydrogen-bond donors (Lipinski definition) is 1. The van der Waals surface area contributed by atoms with E-state index in [-0.39, 0.29) is 6.79 Å². The first-order valence-corrected chi connectivity index (χ1v) is 8.74. The van der Waals surface area contributed by atoms with Crippen LogP contribution in [0.15, 0.2) is 47.4 Å². The van der Waals surface area contributed by atoms with Crippen LogP contribution >= 0.6 is 0 Å². The zero-order valence-corrected chi connectivity index (χ0v) is 13.8. The van der Waals surface area contributed by atoms with E-state index in [0.717, 1.165) is 18.2 Å². The molecule has 0 fully saturated rings. The van der Waals surface area contributed by atoms with Crippen LogP contribution in [-0.2, 0) is 16.2 Å². The van der Waals surface area contributed by atoms with Crippen molar-refractivity contribution < 1.29 is 31.1 Å². The molecule has 2 aromatic rings. The predicted octanol–water partition coefficient (Wildman–Crippen LogP) is 3.47. The molecule has 1 heterocycles. The Morgan fingerprint density at radius 3 is 2.52 bits per heavy atom. The van der Waals surface area contributed by atoms with E-state index in [1.807, 2.05) is 0 Å². The van der Waals surface area contributed by atoms with E-state index in [1.54, 1.807) is 25.1 Å². The molecule has 9 heteroatoms. The van der Waals surface area contributed by atoms with E-state index < -0.39 is 32.7 Å². The van der Waals surface area contributed by atoms with Crippen LogP contribution in [0.2, 0.25) is 0 Å². The van der Waals surface area contributed by atoms with Crippen molar-refractivity contribution in [1.82, 2.24) is 4.72 Å². The van der Waals surface area contributed by atoms with Crippen LogP contribution in [0.5, 0.6) is 11.5 Å². The lowest BCUT2D eigenvalue weighted by Crippen LogP contribution is -2.27. The van der Waals surface area contributed by atoms with Gasteiger partial charge in [0, 0.05) is 6.04 Å². The van der Waals surface area contributed by atoms with Gasteiger partial charge in [0.1, 0.15) is 0 Å². The fourth-order valence-electron chi connectivity index (χ4n) is 2.39. The maximum Gasteiger partial charge on any atom is 0.416 e. The van der Waals surface area contributed by atoms with Crippen LogP contribution < -0.4 is 14.2 Å². The first-order valence-electron chi connectivity index (χ1n) is 7.26. The summed E-state index contributed by atoms with van der Waals surface area (Å²) in [6, 6.07) is 7.86. The molecule has 25 heavy (non-hydrogen) atoms. The highest BCUT2D eigenvalue weighted by molar-refractivity contribution is 7.89. The van der Waals surface area contributed by atoms with Gasteiger partial charge in [0.2, 0.25) is 16.8 Å². The van der Waals surface area contributed by atoms with E-state index in [9.17, 15) is 21.6 Å². The monoisotopic (exact) mass is 373 g/mol. The molecular weight excluding hydrogens is 359 g/mol. The first kappa shape index (κ1) is 17.6. The topological polar surface area (TPSA) is 64.6 Å². The maximum absolute atomic E-state index is 12.8. The lowest BCUT2D eigenvalue weighted by atomic mass is 10.1. The minimum Gasteiger partial charge on any atom is -0.454 e. The number of fused-ring (bicyclic) bond motifs is 1. The standard InChI is InChI=1S/C16H14F3NO4S/c1-10(11-5-6-14-15(7-11)24-9-23-14)20-25(21,22)13-4-2-3-12(8-13)16(17,18)19/h2-8,10,20H,9H2,1H3. The van der Waals surface area contributed by atoms with Crippen LogP contribution in [0.4, 0.5) is 13.2 Å². The summed E-state index contributed by atoms with van der Waals surface area (Å²) in [5.41, 5.74) is -0.425. The fraction of sp³-hybridized carbons (Fsp3) is 0.250. The van der Waals surface area contributed by atoms with Crippen molar-refractivity contribution in [2.45, 2.75) is 24.0 Å². The summed E-state index contributed by atoms with van der Waals surface area (Å²) in [6.45, 7) is 1.67. The molecule has 1 N–H and O–H groups in total. The van der Waals surface area contributed by atoms with Gasteiger partial charge in [-0.1, -0.05) is 12.1 Å². The molecule has 1 atom stereocenters. The highest BCUT2D eigenvalue weighted by Gasteiger charge is 2.32. The Bertz CT molecular complexity index is 896. The van der Waals surface area contributed by atoms with Crippen LogP contribution in [0.1, 0.15) is 24.1 Å². The SMILES string of the molecule is CC(NS(=O)(=O)c1cccc(C(F)(F)F)c1)c1ccc2c(c1)OCO2. The highest BCUT2D eigenvalue weighted by atomic mass is 32.2. The third-order valence-electron chi connectivity index (χ3n) is 3.70. The van der Waals surface area contributed by atoms with Crippen molar-refractivity contribution in [1.29, 1.82) is 0 Å². The predicted molar refractivity (Wildman–Crippen MR) is 82.7 cm³/mol. The number of nitrogens with one attached hydrogen (secondary N) is 1. The Labute approximate surface area is 142 Å². The lowest BCUT2D eigenvalue weighted by molar-refractivity contribution is -0.137. The molecule has 0 aliphatic carbocycles. The van der Waals surface area contributed by atoms with Gasteiger partial charge in [-0.3, -0.25) is 0 Å². The van der Waals surface area contributed by atoms with E-state index in [0.29, 0.717) is 23.1 Å². The van der Waals surface area contributed by atoms with Crippen molar-refractivity contribution in [3.05, 3.63) is 53.6 Å². The Morgan fingerprint density at radius 2 is 1.80 bits per heavy atom. The summed E-state index contributed by atoms with van der Waals surface area (Å²) in [4.78, 5) is -0.449. The van der Waals surface area contributed by atoms with Gasteiger partial charge in [-0.2, -0.15) is 13.2 Å². The van der Waals surface area contributed by atoms with Crippen LogP contribution in [0.25, 0.3) is 0 Å². The van der Waals surface area contributed by atoms with E-state index in [4.69, 9.17) is 9.47 Å². The fourth-order valence-corrected chi connectivity index (χ4v) is 3.67. The molecule has 0 saturated heterocycles. The van der Waals surface area contributed by atoms with Gasteiger partial charge in [-0.15, -0.1) is 0 Å². The van der Waals surface area contributed by atoms with Gasteiger partial charge < -0.3 is 9.47 Å². The second-order valence-corrected chi connectivity index (χ2v) is 7.20. The second-order valence-electron chi connectivity index (χ2n) is 5.48. The van der Waals surface area contributed by atoms with Gasteiger partial charge in [-0.25, -0.2) is 13.1 Å². The molecule has 3 rings (SSSR count). The molecule has 134 valence electrons. The Hall–Kier alpha value is -2.26. The summed E-state index contributed by atoms with van der Waals surface area (Å²) < 4.78 is 75.9. The van der Waals surface area contributed by atoms with Crippen molar-refractivity contribution in [2.24, 2.45) is 0 Å². The van der Waals surface area contributed by atoms with E-state index >= 15 is 0 Å². The lowest BCUT2D eigenvalue weighted by Gasteiger charge is -2.16.